The third-order valence-corrected chi connectivity index (χ3v) is 3.95. The number of benzene rings is 2. The lowest BCUT2D eigenvalue weighted by molar-refractivity contribution is 0.574. The Kier molecular flexibility index (Phi) is 2.31. The Labute approximate surface area is 120 Å². The Bertz CT molecular complexity index is 1080. The first-order valence-corrected chi connectivity index (χ1v) is 6.91. The van der Waals surface area contributed by atoms with Crippen LogP contribution in [-0.4, -0.2) is 0 Å². The highest BCUT2D eigenvalue weighted by Gasteiger charge is 2.15. The van der Waals surface area contributed by atoms with Crippen molar-refractivity contribution >= 4 is 32.9 Å². The standard InChI is InChI=1S/C18H14O3/c1-9-4-5-15-13(6-9)16(19)14-8-12-7-10(2)20-17(12)11(3)18(14)21-15/h4-8H,1-3H3. The molecule has 4 aromatic rings. The predicted octanol–water partition coefficient (Wildman–Crippen LogP) is 4.62. The van der Waals surface area contributed by atoms with Crippen LogP contribution < -0.4 is 5.43 Å². The lowest BCUT2D eigenvalue weighted by atomic mass is 10.1. The number of hydrogen-bond acceptors (Lipinski definition) is 3. The fourth-order valence-corrected chi connectivity index (χ4v) is 2.93. The van der Waals surface area contributed by atoms with Crippen LogP contribution in [0.25, 0.3) is 32.9 Å². The molecule has 104 valence electrons. The Morgan fingerprint density at radius 1 is 0.857 bits per heavy atom. The van der Waals surface area contributed by atoms with E-state index in [0.717, 1.165) is 27.9 Å². The van der Waals surface area contributed by atoms with Crippen LogP contribution in [0.1, 0.15) is 16.9 Å². The molecule has 3 heteroatoms. The summed E-state index contributed by atoms with van der Waals surface area (Å²) in [6.07, 6.45) is 0. The van der Waals surface area contributed by atoms with E-state index in [1.807, 2.05) is 51.1 Å². The quantitative estimate of drug-likeness (QED) is 0.441. The van der Waals surface area contributed by atoms with Crippen LogP contribution in [0.5, 0.6) is 0 Å². The molecule has 0 amide bonds. The van der Waals surface area contributed by atoms with Crippen LogP contribution in [0.15, 0.2) is 44.0 Å². The van der Waals surface area contributed by atoms with Gasteiger partial charge in [-0.1, -0.05) is 11.6 Å². The van der Waals surface area contributed by atoms with Crippen LogP contribution in [0, 0.1) is 20.8 Å². The van der Waals surface area contributed by atoms with E-state index in [9.17, 15) is 4.79 Å². The molecule has 2 aromatic heterocycles. The Morgan fingerprint density at radius 2 is 1.67 bits per heavy atom. The summed E-state index contributed by atoms with van der Waals surface area (Å²) in [4.78, 5) is 12.8. The van der Waals surface area contributed by atoms with Crippen molar-refractivity contribution in [3.63, 3.8) is 0 Å². The average molecular weight is 278 g/mol. The monoisotopic (exact) mass is 278 g/mol. The fourth-order valence-electron chi connectivity index (χ4n) is 2.93. The van der Waals surface area contributed by atoms with Crippen molar-refractivity contribution in [1.29, 1.82) is 0 Å². The summed E-state index contributed by atoms with van der Waals surface area (Å²) in [7, 11) is 0. The highest BCUT2D eigenvalue weighted by atomic mass is 16.3. The minimum Gasteiger partial charge on any atom is -0.461 e. The van der Waals surface area contributed by atoms with E-state index in [1.165, 1.54) is 0 Å². The van der Waals surface area contributed by atoms with E-state index in [1.54, 1.807) is 0 Å². The molecule has 2 aromatic carbocycles. The van der Waals surface area contributed by atoms with Crippen LogP contribution in [0.4, 0.5) is 0 Å². The van der Waals surface area contributed by atoms with Gasteiger partial charge in [0.25, 0.3) is 0 Å². The molecule has 0 spiro atoms. The minimum absolute atomic E-state index is 0.0128. The highest BCUT2D eigenvalue weighted by Crippen LogP contribution is 2.30. The third-order valence-electron chi connectivity index (χ3n) is 3.95. The summed E-state index contributed by atoms with van der Waals surface area (Å²) in [5.41, 5.74) is 3.94. The molecular weight excluding hydrogens is 264 g/mol. The number of furan rings is 1. The Hall–Kier alpha value is -2.55. The van der Waals surface area contributed by atoms with Gasteiger partial charge in [-0.05, 0) is 45.0 Å². The van der Waals surface area contributed by atoms with Gasteiger partial charge in [0.1, 0.15) is 22.5 Å². The van der Waals surface area contributed by atoms with Crippen LogP contribution >= 0.6 is 0 Å². The molecule has 0 N–H and O–H groups in total. The average Bonchev–Trinajstić information content (AvgIpc) is 2.82. The van der Waals surface area contributed by atoms with Crippen molar-refractivity contribution in [2.24, 2.45) is 0 Å². The molecule has 0 saturated heterocycles. The molecule has 0 bridgehead atoms. The van der Waals surface area contributed by atoms with Gasteiger partial charge in [0.05, 0.1) is 10.8 Å². The molecule has 0 fully saturated rings. The molecular formula is C18H14O3. The fraction of sp³-hybridized carbons (Fsp3) is 0.167. The molecule has 4 rings (SSSR count). The molecule has 0 unspecified atom stereocenters. The zero-order chi connectivity index (χ0) is 14.7. The lowest BCUT2D eigenvalue weighted by Gasteiger charge is -2.05. The maximum absolute atomic E-state index is 12.8. The summed E-state index contributed by atoms with van der Waals surface area (Å²) >= 11 is 0. The van der Waals surface area contributed by atoms with Gasteiger partial charge in [-0.2, -0.15) is 0 Å². The predicted molar refractivity (Wildman–Crippen MR) is 84.0 cm³/mol. The van der Waals surface area contributed by atoms with Gasteiger partial charge in [0.2, 0.25) is 5.43 Å². The van der Waals surface area contributed by atoms with Crippen molar-refractivity contribution in [3.05, 3.63) is 57.4 Å². The van der Waals surface area contributed by atoms with Gasteiger partial charge in [-0.15, -0.1) is 0 Å². The van der Waals surface area contributed by atoms with Gasteiger partial charge in [0, 0.05) is 10.9 Å². The second kappa shape index (κ2) is 3.98. The smallest absolute Gasteiger partial charge is 0.200 e. The molecule has 0 aliphatic rings. The molecule has 3 nitrogen and oxygen atoms in total. The van der Waals surface area contributed by atoms with Gasteiger partial charge < -0.3 is 8.83 Å². The zero-order valence-electron chi connectivity index (χ0n) is 12.1. The van der Waals surface area contributed by atoms with Gasteiger partial charge in [0.15, 0.2) is 0 Å². The molecule has 0 aliphatic heterocycles. The maximum Gasteiger partial charge on any atom is 0.200 e. The summed E-state index contributed by atoms with van der Waals surface area (Å²) in [6.45, 7) is 5.80. The van der Waals surface area contributed by atoms with Crippen molar-refractivity contribution < 1.29 is 8.83 Å². The first kappa shape index (κ1) is 12.2. The van der Waals surface area contributed by atoms with E-state index in [2.05, 4.69) is 0 Å². The van der Waals surface area contributed by atoms with Crippen LogP contribution in [-0.2, 0) is 0 Å². The molecule has 0 aliphatic carbocycles. The summed E-state index contributed by atoms with van der Waals surface area (Å²) in [6, 6.07) is 9.48. The minimum atomic E-state index is 0.0128. The first-order valence-electron chi connectivity index (χ1n) is 6.91. The second-order valence-electron chi connectivity index (χ2n) is 5.58. The number of fused-ring (bicyclic) bond motifs is 3. The van der Waals surface area contributed by atoms with E-state index in [4.69, 9.17) is 8.83 Å². The molecule has 0 saturated carbocycles. The molecule has 0 atom stereocenters. The van der Waals surface area contributed by atoms with Gasteiger partial charge in [-0.3, -0.25) is 4.79 Å². The Morgan fingerprint density at radius 3 is 2.48 bits per heavy atom. The highest BCUT2D eigenvalue weighted by molar-refractivity contribution is 6.00. The van der Waals surface area contributed by atoms with Gasteiger partial charge in [-0.25, -0.2) is 0 Å². The topological polar surface area (TPSA) is 43.4 Å². The van der Waals surface area contributed by atoms with E-state index in [0.29, 0.717) is 21.9 Å². The zero-order valence-corrected chi connectivity index (χ0v) is 12.1. The van der Waals surface area contributed by atoms with Crippen molar-refractivity contribution in [2.45, 2.75) is 20.8 Å². The van der Waals surface area contributed by atoms with Crippen LogP contribution in [0.2, 0.25) is 0 Å². The van der Waals surface area contributed by atoms with E-state index in [-0.39, 0.29) is 5.43 Å². The summed E-state index contributed by atoms with van der Waals surface area (Å²) in [5.74, 6) is 0.830. The van der Waals surface area contributed by atoms with Crippen molar-refractivity contribution in [1.82, 2.24) is 0 Å². The first-order chi connectivity index (χ1) is 10.0. The molecule has 21 heavy (non-hydrogen) atoms. The normalized spacial score (nSPS) is 11.8. The molecule has 2 heterocycles. The number of aryl methyl sites for hydroxylation is 3. The SMILES string of the molecule is Cc1ccc2oc3c(C)c4oc(C)cc4cc3c(=O)c2c1. The molecule has 0 radical (unpaired) electrons. The second-order valence-corrected chi connectivity index (χ2v) is 5.58. The summed E-state index contributed by atoms with van der Waals surface area (Å²) < 4.78 is 11.7. The van der Waals surface area contributed by atoms with Crippen molar-refractivity contribution in [3.8, 4) is 0 Å². The van der Waals surface area contributed by atoms with Crippen molar-refractivity contribution in [2.75, 3.05) is 0 Å². The van der Waals surface area contributed by atoms with Gasteiger partial charge >= 0.3 is 0 Å². The van der Waals surface area contributed by atoms with E-state index >= 15 is 0 Å². The summed E-state index contributed by atoms with van der Waals surface area (Å²) in [5, 5.41) is 2.18. The largest absolute Gasteiger partial charge is 0.461 e. The number of rotatable bonds is 0. The van der Waals surface area contributed by atoms with E-state index < -0.39 is 0 Å². The Balaban J connectivity index is 2.30. The third kappa shape index (κ3) is 1.64. The van der Waals surface area contributed by atoms with Crippen LogP contribution in [0.3, 0.4) is 0 Å². The maximum atomic E-state index is 12.8. The lowest BCUT2D eigenvalue weighted by Crippen LogP contribution is -2.03. The number of hydrogen-bond donors (Lipinski definition) is 0.